The number of hydrogen-bond donors (Lipinski definition) is 3. The molecule has 0 radical (unpaired) electrons. The van der Waals surface area contributed by atoms with Gasteiger partial charge in [0.1, 0.15) is 18.8 Å². The molecule has 7 rings (SSSR count). The fourth-order valence-corrected chi connectivity index (χ4v) is 10.4. The molecule has 4 saturated carbocycles. The number of ketones is 1. The summed E-state index contributed by atoms with van der Waals surface area (Å²) in [5.41, 5.74) is -2.15. The van der Waals surface area contributed by atoms with Crippen molar-refractivity contribution in [1.29, 1.82) is 0 Å². The molecular formula is C30H42O10. The van der Waals surface area contributed by atoms with Crippen LogP contribution in [0.1, 0.15) is 65.7 Å². The average molecular weight is 563 g/mol. The zero-order valence-corrected chi connectivity index (χ0v) is 23.7. The number of carbonyl (C=O) groups excluding carboxylic acids is 2. The summed E-state index contributed by atoms with van der Waals surface area (Å²) >= 11 is 0. The predicted molar refractivity (Wildman–Crippen MR) is 137 cm³/mol. The van der Waals surface area contributed by atoms with Crippen LogP contribution in [0.2, 0.25) is 0 Å². The summed E-state index contributed by atoms with van der Waals surface area (Å²) in [5, 5.41) is 35.7. The topological polar surface area (TPSA) is 141 Å². The first-order chi connectivity index (χ1) is 18.9. The van der Waals surface area contributed by atoms with E-state index < -0.39 is 58.7 Å². The number of esters is 1. The molecule has 3 aliphatic heterocycles. The standard InChI is InChI=1S/C30H42O10/c1-14-9-21(36-4)30(35)26(38-14)39-20-12-27(2)16(11-19(20)40-30)5-6-18-23(27)24(32)25(33)28(3)17(7-8-29(18,28)34)15-10-22(31)37-13-15/h10,14,16-21,23,25-26,33-35H,5-9,11-13H2,1-4H3/t14-,16-,17-,18-,19+,20+,21-,23-,25+,26+,27+,28+,29?,30+/m1/s1. The molecule has 10 heteroatoms. The van der Waals surface area contributed by atoms with Crippen LogP contribution in [-0.2, 0) is 33.3 Å². The van der Waals surface area contributed by atoms with Crippen molar-refractivity contribution in [2.75, 3.05) is 13.7 Å². The third kappa shape index (κ3) is 3.35. The summed E-state index contributed by atoms with van der Waals surface area (Å²) in [6, 6.07) is 0. The fourth-order valence-electron chi connectivity index (χ4n) is 10.4. The van der Waals surface area contributed by atoms with Crippen LogP contribution in [0, 0.1) is 34.5 Å². The quantitative estimate of drug-likeness (QED) is 0.336. The maximum Gasteiger partial charge on any atom is 0.331 e. The number of rotatable bonds is 2. The van der Waals surface area contributed by atoms with Gasteiger partial charge in [-0.2, -0.15) is 0 Å². The molecule has 4 aliphatic carbocycles. The van der Waals surface area contributed by atoms with Crippen molar-refractivity contribution in [2.24, 2.45) is 34.5 Å². The summed E-state index contributed by atoms with van der Waals surface area (Å²) in [7, 11) is 1.55. The molecule has 7 aliphatic rings. The lowest BCUT2D eigenvalue weighted by Gasteiger charge is -2.65. The largest absolute Gasteiger partial charge is 0.458 e. The van der Waals surface area contributed by atoms with Crippen molar-refractivity contribution in [1.82, 2.24) is 0 Å². The number of aliphatic hydroxyl groups is 3. The van der Waals surface area contributed by atoms with Gasteiger partial charge >= 0.3 is 5.97 Å². The van der Waals surface area contributed by atoms with Crippen molar-refractivity contribution < 1.29 is 48.6 Å². The van der Waals surface area contributed by atoms with E-state index in [1.807, 2.05) is 13.8 Å². The van der Waals surface area contributed by atoms with Crippen molar-refractivity contribution in [2.45, 2.75) is 114 Å². The van der Waals surface area contributed by atoms with Crippen LogP contribution in [0.4, 0.5) is 0 Å². The fraction of sp³-hybridized carbons (Fsp3) is 0.867. The number of fused-ring (bicyclic) bond motifs is 7. The minimum Gasteiger partial charge on any atom is -0.458 e. The van der Waals surface area contributed by atoms with Gasteiger partial charge in [-0.15, -0.1) is 0 Å². The average Bonchev–Trinajstić information content (AvgIpc) is 3.45. The smallest absolute Gasteiger partial charge is 0.331 e. The van der Waals surface area contributed by atoms with Crippen molar-refractivity contribution in [3.63, 3.8) is 0 Å². The van der Waals surface area contributed by atoms with E-state index in [0.29, 0.717) is 38.5 Å². The third-order valence-electron chi connectivity index (χ3n) is 12.4. The molecular weight excluding hydrogens is 520 g/mol. The van der Waals surface area contributed by atoms with Gasteiger partial charge in [0.25, 0.3) is 0 Å². The molecule has 14 atom stereocenters. The predicted octanol–water partition coefficient (Wildman–Crippen LogP) is 1.63. The van der Waals surface area contributed by atoms with Crippen LogP contribution in [0.25, 0.3) is 0 Å². The third-order valence-corrected chi connectivity index (χ3v) is 12.4. The lowest BCUT2D eigenvalue weighted by molar-refractivity contribution is -0.459. The van der Waals surface area contributed by atoms with Gasteiger partial charge in [0.2, 0.25) is 12.1 Å². The summed E-state index contributed by atoms with van der Waals surface area (Å²) in [4.78, 5) is 26.1. The second kappa shape index (κ2) is 8.81. The minimum atomic E-state index is -1.71. The van der Waals surface area contributed by atoms with Gasteiger partial charge < -0.3 is 39.0 Å². The number of Topliss-reactive ketones (excluding diaryl/α,β-unsaturated/α-hetero) is 1. The van der Waals surface area contributed by atoms with Gasteiger partial charge in [-0.25, -0.2) is 4.79 Å². The molecule has 0 aromatic rings. The number of aliphatic hydroxyl groups excluding tert-OH is 1. The van der Waals surface area contributed by atoms with E-state index in [2.05, 4.69) is 6.92 Å². The molecule has 3 heterocycles. The monoisotopic (exact) mass is 562 g/mol. The Morgan fingerprint density at radius 3 is 2.52 bits per heavy atom. The van der Waals surface area contributed by atoms with Crippen LogP contribution in [-0.4, -0.2) is 89.0 Å². The molecule has 2 saturated heterocycles. The molecule has 6 fully saturated rings. The number of hydrogen-bond acceptors (Lipinski definition) is 10. The molecule has 0 spiro atoms. The van der Waals surface area contributed by atoms with E-state index in [9.17, 15) is 24.9 Å². The van der Waals surface area contributed by atoms with E-state index in [-0.39, 0.29) is 42.4 Å². The molecule has 0 amide bonds. The highest BCUT2D eigenvalue weighted by atomic mass is 16.8. The second-order valence-electron chi connectivity index (χ2n) is 14.1. The Bertz CT molecular complexity index is 1140. The minimum absolute atomic E-state index is 0.0908. The van der Waals surface area contributed by atoms with Crippen molar-refractivity contribution in [3.05, 3.63) is 11.6 Å². The molecule has 10 nitrogen and oxygen atoms in total. The highest BCUT2D eigenvalue weighted by Crippen LogP contribution is 2.69. The Kier molecular flexibility index (Phi) is 6.04. The van der Waals surface area contributed by atoms with Crippen LogP contribution < -0.4 is 0 Å². The molecule has 0 aromatic carbocycles. The molecule has 222 valence electrons. The number of ether oxygens (including phenoxy) is 5. The first-order valence-electron chi connectivity index (χ1n) is 14.9. The van der Waals surface area contributed by atoms with Gasteiger partial charge in [0, 0.05) is 30.9 Å². The summed E-state index contributed by atoms with van der Waals surface area (Å²) in [5.74, 6) is -3.43. The van der Waals surface area contributed by atoms with Crippen LogP contribution in [0.3, 0.4) is 0 Å². The van der Waals surface area contributed by atoms with Crippen LogP contribution in [0.15, 0.2) is 11.6 Å². The molecule has 3 N–H and O–H groups in total. The zero-order valence-electron chi connectivity index (χ0n) is 23.7. The Morgan fingerprint density at radius 1 is 1.05 bits per heavy atom. The number of methoxy groups -OCH3 is 1. The van der Waals surface area contributed by atoms with Crippen LogP contribution in [0.5, 0.6) is 0 Å². The van der Waals surface area contributed by atoms with E-state index in [1.165, 1.54) is 6.08 Å². The summed E-state index contributed by atoms with van der Waals surface area (Å²) < 4.78 is 29.5. The normalized spacial score (nSPS) is 57.2. The van der Waals surface area contributed by atoms with Gasteiger partial charge in [-0.05, 0) is 74.2 Å². The number of cyclic esters (lactones) is 1. The maximum atomic E-state index is 14.3. The lowest BCUT2D eigenvalue weighted by Crippen LogP contribution is -2.73. The van der Waals surface area contributed by atoms with Gasteiger partial charge in [0.05, 0.1) is 23.9 Å². The van der Waals surface area contributed by atoms with E-state index in [0.717, 1.165) is 12.0 Å². The Labute approximate surface area is 234 Å². The second-order valence-corrected chi connectivity index (χ2v) is 14.1. The first kappa shape index (κ1) is 27.4. The van der Waals surface area contributed by atoms with Gasteiger partial charge in [-0.1, -0.05) is 13.8 Å². The number of carbonyl (C=O) groups is 2. The molecule has 1 unspecified atom stereocenters. The highest BCUT2D eigenvalue weighted by molar-refractivity contribution is 5.90. The maximum absolute atomic E-state index is 14.3. The Hall–Kier alpha value is -1.40. The summed E-state index contributed by atoms with van der Waals surface area (Å²) in [6.45, 7) is 5.98. The first-order valence-corrected chi connectivity index (χ1v) is 14.9. The molecule has 0 aromatic heterocycles. The Balaban J connectivity index is 1.20. The lowest BCUT2D eigenvalue weighted by atomic mass is 9.42. The van der Waals surface area contributed by atoms with Gasteiger partial charge in [0.15, 0.2) is 5.78 Å². The summed E-state index contributed by atoms with van der Waals surface area (Å²) in [6.07, 6.45) is 1.59. The van der Waals surface area contributed by atoms with E-state index in [4.69, 9.17) is 23.7 Å². The Morgan fingerprint density at radius 2 is 1.82 bits per heavy atom. The SMILES string of the molecule is CO[C@@H]1C[C@@H](C)O[C@H]2O[C@H]3C[C@@]4(C)[C@H](CC[C@@H]5[C@@H]4C(=O)[C@H](O)[C@]4(C)[C@@H](C6=CC(=O)OC6)CCC54O)C[C@@H]3O[C@]21O. The van der Waals surface area contributed by atoms with Gasteiger partial charge in [-0.3, -0.25) is 4.79 Å². The van der Waals surface area contributed by atoms with E-state index in [1.54, 1.807) is 7.11 Å². The van der Waals surface area contributed by atoms with Crippen molar-refractivity contribution in [3.8, 4) is 0 Å². The van der Waals surface area contributed by atoms with E-state index >= 15 is 0 Å². The molecule has 0 bridgehead atoms. The van der Waals surface area contributed by atoms with Crippen LogP contribution >= 0.6 is 0 Å². The zero-order chi connectivity index (χ0) is 28.4. The van der Waals surface area contributed by atoms with Crippen molar-refractivity contribution >= 4 is 11.8 Å². The highest BCUT2D eigenvalue weighted by Gasteiger charge is 2.74. The molecule has 40 heavy (non-hydrogen) atoms.